The van der Waals surface area contributed by atoms with E-state index < -0.39 is 0 Å². The maximum atomic E-state index is 4.36. The first kappa shape index (κ1) is 10.9. The zero-order valence-electron chi connectivity index (χ0n) is 8.79. The number of aryl methyl sites for hydroxylation is 1. The largest absolute Gasteiger partial charge is 0.311 e. The van der Waals surface area contributed by atoms with Crippen LogP contribution in [0.5, 0.6) is 0 Å². The number of pyridine rings is 1. The first-order chi connectivity index (χ1) is 6.88. The Morgan fingerprint density at radius 1 is 1.57 bits per heavy atom. The molecule has 1 aromatic heterocycles. The fourth-order valence-corrected chi connectivity index (χ4v) is 1.36. The lowest BCUT2D eigenvalue weighted by Gasteiger charge is -2.06. The van der Waals surface area contributed by atoms with Crippen LogP contribution in [-0.4, -0.2) is 11.5 Å². The highest BCUT2D eigenvalue weighted by Gasteiger charge is 1.99. The van der Waals surface area contributed by atoms with Crippen molar-refractivity contribution in [2.24, 2.45) is 0 Å². The van der Waals surface area contributed by atoms with Gasteiger partial charge in [0.25, 0.3) is 0 Å². The van der Waals surface area contributed by atoms with Gasteiger partial charge in [0.15, 0.2) is 0 Å². The molecule has 0 fully saturated rings. The minimum atomic E-state index is 0.859. The average Bonchev–Trinajstić information content (AvgIpc) is 2.25. The number of nitrogens with one attached hydrogen (secondary N) is 1. The third-order valence-corrected chi connectivity index (χ3v) is 2.18. The molecule has 0 amide bonds. The highest BCUT2D eigenvalue weighted by Crippen LogP contribution is 2.05. The number of aromatic nitrogens is 1. The zero-order valence-corrected chi connectivity index (χ0v) is 8.79. The molecule has 0 spiro atoms. The van der Waals surface area contributed by atoms with Crippen molar-refractivity contribution in [2.45, 2.75) is 26.3 Å². The van der Waals surface area contributed by atoms with Gasteiger partial charge in [-0.1, -0.05) is 19.1 Å². The topological polar surface area (TPSA) is 24.9 Å². The summed E-state index contributed by atoms with van der Waals surface area (Å²) in [5.74, 6) is 0. The van der Waals surface area contributed by atoms with Crippen molar-refractivity contribution < 1.29 is 0 Å². The van der Waals surface area contributed by atoms with Crippen LogP contribution in [0, 0.1) is 0 Å². The van der Waals surface area contributed by atoms with E-state index in [1.807, 2.05) is 18.3 Å². The van der Waals surface area contributed by atoms with E-state index in [0.29, 0.717) is 0 Å². The maximum Gasteiger partial charge on any atom is 0.0573 e. The summed E-state index contributed by atoms with van der Waals surface area (Å²) in [6, 6.07) is 4.13. The van der Waals surface area contributed by atoms with Crippen molar-refractivity contribution in [1.29, 1.82) is 0 Å². The van der Waals surface area contributed by atoms with Crippen LogP contribution in [-0.2, 0) is 13.0 Å². The van der Waals surface area contributed by atoms with Gasteiger partial charge < -0.3 is 5.32 Å². The molecule has 0 aromatic carbocycles. The van der Waals surface area contributed by atoms with E-state index in [0.717, 1.165) is 25.9 Å². The lowest BCUT2D eigenvalue weighted by Crippen LogP contribution is -2.16. The third-order valence-electron chi connectivity index (χ3n) is 2.18. The molecule has 2 heteroatoms. The van der Waals surface area contributed by atoms with Crippen LogP contribution in [0.1, 0.15) is 24.6 Å². The molecule has 0 aliphatic heterocycles. The molecule has 0 bridgehead atoms. The zero-order chi connectivity index (χ0) is 10.2. The molecule has 14 heavy (non-hydrogen) atoms. The highest BCUT2D eigenvalue weighted by atomic mass is 14.9. The van der Waals surface area contributed by atoms with Crippen LogP contribution in [0.25, 0.3) is 0 Å². The van der Waals surface area contributed by atoms with Gasteiger partial charge in [-0.05, 0) is 31.0 Å². The normalized spacial score (nSPS) is 10.1. The first-order valence-corrected chi connectivity index (χ1v) is 5.12. The second-order valence-electron chi connectivity index (χ2n) is 3.22. The smallest absolute Gasteiger partial charge is 0.0573 e. The molecule has 0 aliphatic rings. The Hall–Kier alpha value is -1.15. The summed E-state index contributed by atoms with van der Waals surface area (Å²) in [7, 11) is 0. The molecule has 2 nitrogen and oxygen atoms in total. The SMILES string of the molecule is C=CCCNCc1ncccc1CC. The molecule has 76 valence electrons. The Morgan fingerprint density at radius 2 is 2.43 bits per heavy atom. The third kappa shape index (κ3) is 3.30. The maximum absolute atomic E-state index is 4.36. The van der Waals surface area contributed by atoms with Crippen LogP contribution in [0.4, 0.5) is 0 Å². The van der Waals surface area contributed by atoms with Gasteiger partial charge in [0.05, 0.1) is 5.69 Å². The van der Waals surface area contributed by atoms with E-state index in [4.69, 9.17) is 0 Å². The minimum Gasteiger partial charge on any atom is -0.311 e. The Balaban J connectivity index is 2.44. The Kier molecular flexibility index (Phi) is 4.94. The summed E-state index contributed by atoms with van der Waals surface area (Å²) in [4.78, 5) is 4.36. The van der Waals surface area contributed by atoms with Gasteiger partial charge in [-0.15, -0.1) is 6.58 Å². The molecule has 0 radical (unpaired) electrons. The van der Waals surface area contributed by atoms with E-state index in [2.05, 4.69) is 29.9 Å². The summed E-state index contributed by atoms with van der Waals surface area (Å²) in [5.41, 5.74) is 2.50. The van der Waals surface area contributed by atoms with Gasteiger partial charge in [0.2, 0.25) is 0 Å². The quantitative estimate of drug-likeness (QED) is 0.550. The second kappa shape index (κ2) is 6.33. The molecule has 1 heterocycles. The summed E-state index contributed by atoms with van der Waals surface area (Å²) < 4.78 is 0. The van der Waals surface area contributed by atoms with Crippen LogP contribution >= 0.6 is 0 Å². The Labute approximate surface area is 86.1 Å². The van der Waals surface area contributed by atoms with Crippen molar-refractivity contribution in [1.82, 2.24) is 10.3 Å². The molecule has 1 rings (SSSR count). The number of hydrogen-bond acceptors (Lipinski definition) is 2. The van der Waals surface area contributed by atoms with Gasteiger partial charge >= 0.3 is 0 Å². The fourth-order valence-electron chi connectivity index (χ4n) is 1.36. The summed E-state index contributed by atoms with van der Waals surface area (Å²) >= 11 is 0. The molecule has 1 aromatic rings. The van der Waals surface area contributed by atoms with Crippen LogP contribution in [0.15, 0.2) is 31.0 Å². The van der Waals surface area contributed by atoms with E-state index in [-0.39, 0.29) is 0 Å². The van der Waals surface area contributed by atoms with Crippen molar-refractivity contribution in [3.05, 3.63) is 42.2 Å². The standard InChI is InChI=1S/C12H18N2/c1-3-5-8-13-10-12-11(4-2)7-6-9-14-12/h3,6-7,9,13H,1,4-5,8,10H2,2H3. The van der Waals surface area contributed by atoms with Gasteiger partial charge in [-0.2, -0.15) is 0 Å². The monoisotopic (exact) mass is 190 g/mol. The van der Waals surface area contributed by atoms with Crippen molar-refractivity contribution >= 4 is 0 Å². The predicted molar refractivity (Wildman–Crippen MR) is 60.1 cm³/mol. The molecule has 0 unspecified atom stereocenters. The van der Waals surface area contributed by atoms with E-state index in [1.165, 1.54) is 11.3 Å². The van der Waals surface area contributed by atoms with E-state index in [9.17, 15) is 0 Å². The van der Waals surface area contributed by atoms with E-state index >= 15 is 0 Å². The van der Waals surface area contributed by atoms with Crippen molar-refractivity contribution in [2.75, 3.05) is 6.54 Å². The molecule has 1 N–H and O–H groups in total. The lowest BCUT2D eigenvalue weighted by atomic mass is 10.1. The summed E-state index contributed by atoms with van der Waals surface area (Å²) in [6.45, 7) is 7.67. The highest BCUT2D eigenvalue weighted by molar-refractivity contribution is 5.19. The molecular weight excluding hydrogens is 172 g/mol. The molecule has 0 aliphatic carbocycles. The number of hydrogen-bond donors (Lipinski definition) is 1. The first-order valence-electron chi connectivity index (χ1n) is 5.12. The van der Waals surface area contributed by atoms with E-state index in [1.54, 1.807) is 0 Å². The van der Waals surface area contributed by atoms with Crippen molar-refractivity contribution in [3.63, 3.8) is 0 Å². The molecule has 0 saturated heterocycles. The fraction of sp³-hybridized carbons (Fsp3) is 0.417. The number of nitrogens with zero attached hydrogens (tertiary/aromatic N) is 1. The predicted octanol–water partition coefficient (Wildman–Crippen LogP) is 2.31. The van der Waals surface area contributed by atoms with Gasteiger partial charge in [0, 0.05) is 12.7 Å². The second-order valence-corrected chi connectivity index (χ2v) is 3.22. The molecule has 0 saturated carbocycles. The molecular formula is C12H18N2. The average molecular weight is 190 g/mol. The van der Waals surface area contributed by atoms with Crippen LogP contribution in [0.3, 0.4) is 0 Å². The summed E-state index contributed by atoms with van der Waals surface area (Å²) in [6.07, 6.45) is 5.83. The Morgan fingerprint density at radius 3 is 3.14 bits per heavy atom. The van der Waals surface area contributed by atoms with Crippen molar-refractivity contribution in [3.8, 4) is 0 Å². The minimum absolute atomic E-state index is 0.859. The number of rotatable bonds is 6. The van der Waals surface area contributed by atoms with Gasteiger partial charge in [0.1, 0.15) is 0 Å². The summed E-state index contributed by atoms with van der Waals surface area (Å²) in [5, 5.41) is 3.34. The lowest BCUT2D eigenvalue weighted by molar-refractivity contribution is 0.677. The van der Waals surface area contributed by atoms with Crippen LogP contribution < -0.4 is 5.32 Å². The Bertz CT molecular complexity index is 281. The van der Waals surface area contributed by atoms with Crippen LogP contribution in [0.2, 0.25) is 0 Å². The molecule has 0 atom stereocenters. The van der Waals surface area contributed by atoms with Gasteiger partial charge in [-0.3, -0.25) is 4.98 Å². The van der Waals surface area contributed by atoms with Gasteiger partial charge in [-0.25, -0.2) is 0 Å².